The van der Waals surface area contributed by atoms with Crippen LogP contribution in [-0.2, 0) is 0 Å². The average molecular weight is 300 g/mol. The zero-order chi connectivity index (χ0) is 13.4. The highest BCUT2D eigenvalue weighted by Crippen LogP contribution is 2.25. The molecule has 1 aromatic heterocycles. The first-order valence-electron chi connectivity index (χ1n) is 6.15. The van der Waals surface area contributed by atoms with Crippen LogP contribution in [-0.4, -0.2) is 27.9 Å². The predicted octanol–water partition coefficient (Wildman–Crippen LogP) is 2.00. The van der Waals surface area contributed by atoms with E-state index in [9.17, 15) is 9.50 Å². The van der Waals surface area contributed by atoms with Crippen molar-refractivity contribution in [2.45, 2.75) is 25.5 Å². The van der Waals surface area contributed by atoms with Crippen molar-refractivity contribution in [1.29, 1.82) is 0 Å². The van der Waals surface area contributed by atoms with Gasteiger partial charge in [0.1, 0.15) is 5.82 Å². The Bertz CT molecular complexity index is 605. The fourth-order valence-electron chi connectivity index (χ4n) is 2.13. The molecule has 0 unspecified atom stereocenters. The van der Waals surface area contributed by atoms with Crippen LogP contribution in [0.25, 0.3) is 11.4 Å². The van der Waals surface area contributed by atoms with Gasteiger partial charge in [-0.05, 0) is 25.0 Å². The summed E-state index contributed by atoms with van der Waals surface area (Å²) in [7, 11) is 0. The summed E-state index contributed by atoms with van der Waals surface area (Å²) < 4.78 is 18.7. The molecule has 0 bridgehead atoms. The maximum atomic E-state index is 13.5. The molecule has 0 spiro atoms. The Labute approximate surface area is 121 Å². The predicted molar refractivity (Wildman–Crippen MR) is 73.0 cm³/mol. The van der Waals surface area contributed by atoms with Gasteiger partial charge in [0.05, 0.1) is 12.1 Å². The van der Waals surface area contributed by atoms with Crippen LogP contribution in [0.4, 0.5) is 4.39 Å². The number of rotatable bonds is 2. The van der Waals surface area contributed by atoms with Gasteiger partial charge in [-0.2, -0.15) is 4.98 Å². The molecule has 1 aliphatic heterocycles. The largest absolute Gasteiger partial charge is 0.392 e. The summed E-state index contributed by atoms with van der Waals surface area (Å²) in [6.07, 6.45) is 0.154. The smallest absolute Gasteiger partial charge is 0.244 e. The second-order valence-corrected chi connectivity index (χ2v) is 4.77. The molecule has 0 aliphatic carbocycles. The number of halogens is 2. The molecule has 1 fully saturated rings. The lowest BCUT2D eigenvalue weighted by Crippen LogP contribution is -2.15. The van der Waals surface area contributed by atoms with Gasteiger partial charge in [-0.25, -0.2) is 4.39 Å². The van der Waals surface area contributed by atoms with Crippen molar-refractivity contribution in [3.8, 4) is 11.4 Å². The quantitative estimate of drug-likeness (QED) is 0.887. The number of aliphatic hydroxyl groups excluding tert-OH is 1. The van der Waals surface area contributed by atoms with Crippen molar-refractivity contribution in [3.63, 3.8) is 0 Å². The van der Waals surface area contributed by atoms with Crippen LogP contribution in [0.15, 0.2) is 22.7 Å². The first kappa shape index (κ1) is 14.9. The van der Waals surface area contributed by atoms with Crippen molar-refractivity contribution >= 4 is 12.4 Å². The lowest BCUT2D eigenvalue weighted by atomic mass is 10.1. The van der Waals surface area contributed by atoms with Gasteiger partial charge in [0.25, 0.3) is 0 Å². The van der Waals surface area contributed by atoms with Crippen molar-refractivity contribution in [2.75, 3.05) is 6.54 Å². The van der Waals surface area contributed by atoms with Gasteiger partial charge in [0.2, 0.25) is 11.7 Å². The molecule has 20 heavy (non-hydrogen) atoms. The molecule has 5 nitrogen and oxygen atoms in total. The Morgan fingerprint density at radius 2 is 2.25 bits per heavy atom. The number of aryl methyl sites for hydroxylation is 1. The summed E-state index contributed by atoms with van der Waals surface area (Å²) in [5.74, 6) is 0.489. The van der Waals surface area contributed by atoms with E-state index in [1.165, 1.54) is 6.07 Å². The Morgan fingerprint density at radius 1 is 1.45 bits per heavy atom. The van der Waals surface area contributed by atoms with Crippen molar-refractivity contribution in [1.82, 2.24) is 15.5 Å². The van der Waals surface area contributed by atoms with Crippen LogP contribution in [0.1, 0.15) is 23.9 Å². The van der Waals surface area contributed by atoms with E-state index in [-0.39, 0.29) is 24.3 Å². The summed E-state index contributed by atoms with van der Waals surface area (Å²) in [6.45, 7) is 2.21. The molecule has 2 heterocycles. The second-order valence-electron chi connectivity index (χ2n) is 4.77. The number of aliphatic hydroxyl groups is 1. The molecular weight excluding hydrogens is 285 g/mol. The number of aromatic nitrogens is 2. The van der Waals surface area contributed by atoms with Gasteiger partial charge in [-0.15, -0.1) is 12.4 Å². The molecule has 0 amide bonds. The van der Waals surface area contributed by atoms with E-state index in [4.69, 9.17) is 4.52 Å². The number of β-amino-alcohol motifs (C(OH)–C–C–N with tert-alkyl or cyclic N) is 1. The van der Waals surface area contributed by atoms with Gasteiger partial charge < -0.3 is 14.9 Å². The van der Waals surface area contributed by atoms with Gasteiger partial charge >= 0.3 is 0 Å². The average Bonchev–Trinajstić information content (AvgIpc) is 3.01. The third-order valence-electron chi connectivity index (χ3n) is 3.28. The highest BCUT2D eigenvalue weighted by Gasteiger charge is 2.28. The molecule has 2 aromatic rings. The van der Waals surface area contributed by atoms with Crippen LogP contribution in [0.3, 0.4) is 0 Å². The highest BCUT2D eigenvalue weighted by molar-refractivity contribution is 5.85. The third kappa shape index (κ3) is 2.82. The number of nitrogens with one attached hydrogen (secondary N) is 1. The van der Waals surface area contributed by atoms with E-state index in [1.54, 1.807) is 19.1 Å². The fraction of sp³-hybridized carbons (Fsp3) is 0.385. The number of benzene rings is 1. The van der Waals surface area contributed by atoms with E-state index in [1.807, 2.05) is 0 Å². The maximum Gasteiger partial charge on any atom is 0.244 e. The standard InChI is InChI=1S/C13H14FN3O2.ClH/c1-7-2-3-8(4-10(7)14)12-16-13(19-17-12)11-5-9(18)6-15-11;/h2-4,9,11,15,18H,5-6H2,1H3;1H/t9-,11-;/m0./s1. The second kappa shape index (κ2) is 5.87. The summed E-state index contributed by atoms with van der Waals surface area (Å²) in [5, 5.41) is 16.4. The molecule has 108 valence electrons. The zero-order valence-electron chi connectivity index (χ0n) is 10.8. The van der Waals surface area contributed by atoms with Gasteiger partial charge in [-0.3, -0.25) is 0 Å². The van der Waals surface area contributed by atoms with Crippen molar-refractivity contribution in [2.24, 2.45) is 0 Å². The van der Waals surface area contributed by atoms with Crippen molar-refractivity contribution < 1.29 is 14.0 Å². The van der Waals surface area contributed by atoms with Gasteiger partial charge in [0, 0.05) is 12.1 Å². The molecule has 1 aromatic carbocycles. The molecule has 2 atom stereocenters. The van der Waals surface area contributed by atoms with Crippen LogP contribution < -0.4 is 5.32 Å². The highest BCUT2D eigenvalue weighted by atomic mass is 35.5. The minimum Gasteiger partial charge on any atom is -0.392 e. The SMILES string of the molecule is Cc1ccc(-c2noc([C@@H]3C[C@H](O)CN3)n2)cc1F.Cl. The topological polar surface area (TPSA) is 71.2 Å². The van der Waals surface area contributed by atoms with Crippen LogP contribution in [0, 0.1) is 12.7 Å². The minimum atomic E-state index is -0.392. The number of nitrogens with zero attached hydrogens (tertiary/aromatic N) is 2. The minimum absolute atomic E-state index is 0. The van der Waals surface area contributed by atoms with E-state index in [0.29, 0.717) is 35.8 Å². The van der Waals surface area contributed by atoms with E-state index >= 15 is 0 Å². The first-order valence-corrected chi connectivity index (χ1v) is 6.15. The first-order chi connectivity index (χ1) is 9.13. The molecule has 2 N–H and O–H groups in total. The van der Waals surface area contributed by atoms with Crippen LogP contribution in [0.5, 0.6) is 0 Å². The Hall–Kier alpha value is -1.50. The van der Waals surface area contributed by atoms with Gasteiger partial charge in [-0.1, -0.05) is 17.3 Å². The Kier molecular flexibility index (Phi) is 4.37. The molecular formula is C13H15ClFN3O2. The lowest BCUT2D eigenvalue weighted by molar-refractivity contribution is 0.191. The van der Waals surface area contributed by atoms with Crippen LogP contribution >= 0.6 is 12.4 Å². The molecule has 0 saturated carbocycles. The van der Waals surface area contributed by atoms with Crippen LogP contribution in [0.2, 0.25) is 0 Å². The Balaban J connectivity index is 0.00000147. The van der Waals surface area contributed by atoms with Gasteiger partial charge in [0.15, 0.2) is 0 Å². The van der Waals surface area contributed by atoms with E-state index in [2.05, 4.69) is 15.5 Å². The Morgan fingerprint density at radius 3 is 2.90 bits per heavy atom. The van der Waals surface area contributed by atoms with Crippen molar-refractivity contribution in [3.05, 3.63) is 35.5 Å². The number of hydrogen-bond acceptors (Lipinski definition) is 5. The third-order valence-corrected chi connectivity index (χ3v) is 3.28. The molecule has 3 rings (SSSR count). The molecule has 1 saturated heterocycles. The molecule has 1 aliphatic rings. The zero-order valence-corrected chi connectivity index (χ0v) is 11.7. The van der Waals surface area contributed by atoms with E-state index in [0.717, 1.165) is 0 Å². The lowest BCUT2D eigenvalue weighted by Gasteiger charge is -2.01. The van der Waals surface area contributed by atoms with E-state index < -0.39 is 6.10 Å². The maximum absolute atomic E-state index is 13.5. The summed E-state index contributed by atoms with van der Waals surface area (Å²) in [4.78, 5) is 4.25. The monoisotopic (exact) mass is 299 g/mol. The molecule has 7 heteroatoms. The summed E-state index contributed by atoms with van der Waals surface area (Å²) >= 11 is 0. The summed E-state index contributed by atoms with van der Waals surface area (Å²) in [6, 6.07) is 4.69. The summed E-state index contributed by atoms with van der Waals surface area (Å²) in [5.41, 5.74) is 1.16. The fourth-order valence-corrected chi connectivity index (χ4v) is 2.13. The number of hydrogen-bond donors (Lipinski definition) is 2. The normalized spacial score (nSPS) is 21.8. The molecule has 0 radical (unpaired) electrons.